The molecular weight excluding hydrogens is 456 g/mol. The van der Waals surface area contributed by atoms with E-state index in [1.54, 1.807) is 24.8 Å². The van der Waals surface area contributed by atoms with Gasteiger partial charge in [-0.05, 0) is 31.2 Å². The summed E-state index contributed by atoms with van der Waals surface area (Å²) in [6, 6.07) is 5.65. The predicted molar refractivity (Wildman–Crippen MR) is 115 cm³/mol. The van der Waals surface area contributed by atoms with Crippen molar-refractivity contribution >= 4 is 28.3 Å². The smallest absolute Gasteiger partial charge is 0.395 e. The minimum atomic E-state index is -4.22. The van der Waals surface area contributed by atoms with E-state index in [2.05, 4.69) is 20.4 Å². The Balaban J connectivity index is 1.39. The molecule has 12 heteroatoms. The zero-order chi connectivity index (χ0) is 24.2. The third-order valence-electron chi connectivity index (χ3n) is 5.61. The summed E-state index contributed by atoms with van der Waals surface area (Å²) in [5, 5.41) is 7.44. The Kier molecular flexibility index (Phi) is 5.03. The molecule has 8 nitrogen and oxygen atoms in total. The third kappa shape index (κ3) is 3.95. The minimum absolute atomic E-state index is 0.0590. The quantitative estimate of drug-likeness (QED) is 0.441. The molecule has 3 aromatic heterocycles. The Hall–Kier alpha value is -3.96. The van der Waals surface area contributed by atoms with Gasteiger partial charge >= 0.3 is 6.18 Å². The van der Waals surface area contributed by atoms with E-state index in [9.17, 15) is 22.4 Å². The number of halogens is 4. The molecule has 4 aromatic rings. The number of oxazole rings is 1. The molecule has 1 aliphatic heterocycles. The maximum Gasteiger partial charge on any atom is 0.395 e. The van der Waals surface area contributed by atoms with Gasteiger partial charge in [-0.2, -0.15) is 13.2 Å². The van der Waals surface area contributed by atoms with Gasteiger partial charge in [0.2, 0.25) is 5.76 Å². The third-order valence-corrected chi connectivity index (χ3v) is 5.61. The van der Waals surface area contributed by atoms with Crippen LogP contribution in [0.3, 0.4) is 0 Å². The number of nitrogens with one attached hydrogen (secondary N) is 1. The number of alkyl halides is 3. The van der Waals surface area contributed by atoms with E-state index in [1.807, 2.05) is 0 Å². The normalized spacial score (nSPS) is 14.5. The van der Waals surface area contributed by atoms with Gasteiger partial charge in [-0.25, -0.2) is 19.0 Å². The molecular formula is C22H18F4N6O2. The number of hydrogen-bond donors (Lipinski definition) is 1. The number of anilines is 2. The second-order valence-electron chi connectivity index (χ2n) is 8.09. The highest BCUT2D eigenvalue weighted by Crippen LogP contribution is 2.36. The van der Waals surface area contributed by atoms with E-state index < -0.39 is 23.8 Å². The van der Waals surface area contributed by atoms with E-state index in [1.165, 1.54) is 35.3 Å². The summed E-state index contributed by atoms with van der Waals surface area (Å²) in [5.41, 5.74) is 1.64. The number of carbonyl (C=O) groups excluding carboxylic acids is 1. The fourth-order valence-corrected chi connectivity index (χ4v) is 3.79. The number of hydrogen-bond acceptors (Lipinski definition) is 6. The summed E-state index contributed by atoms with van der Waals surface area (Å²) in [6.07, 6.45) is -1.25. The van der Waals surface area contributed by atoms with Gasteiger partial charge in [-0.15, -0.1) is 5.10 Å². The summed E-state index contributed by atoms with van der Waals surface area (Å²) < 4.78 is 59.5. The maximum atomic E-state index is 14.6. The number of fused-ring (bicyclic) bond motifs is 1. The summed E-state index contributed by atoms with van der Waals surface area (Å²) >= 11 is 0. The van der Waals surface area contributed by atoms with Crippen molar-refractivity contribution in [2.45, 2.75) is 20.0 Å². The molecule has 0 unspecified atom stereocenters. The molecule has 1 aliphatic rings. The number of rotatable bonds is 4. The van der Waals surface area contributed by atoms with Crippen molar-refractivity contribution in [2.24, 2.45) is 5.92 Å². The lowest BCUT2D eigenvalue weighted by Crippen LogP contribution is -2.53. The average molecular weight is 474 g/mol. The van der Waals surface area contributed by atoms with Crippen LogP contribution in [0.4, 0.5) is 28.9 Å². The zero-order valence-electron chi connectivity index (χ0n) is 18.0. The van der Waals surface area contributed by atoms with Crippen molar-refractivity contribution in [3.8, 4) is 5.69 Å². The van der Waals surface area contributed by atoms with Crippen molar-refractivity contribution < 1.29 is 26.8 Å². The molecule has 0 bridgehead atoms. The first kappa shape index (κ1) is 21.9. The molecule has 0 aliphatic carbocycles. The SMILES string of the molecule is Cc1nc(C)c(C(=O)Nc2ccc(F)c(-n3cc4cc(N5CC(C(F)(F)F)C5)cnc4n3)c2)o1. The van der Waals surface area contributed by atoms with Crippen LogP contribution in [0.5, 0.6) is 0 Å². The highest BCUT2D eigenvalue weighted by atomic mass is 19.4. The van der Waals surface area contributed by atoms with Gasteiger partial charge < -0.3 is 14.6 Å². The minimum Gasteiger partial charge on any atom is -0.436 e. The van der Waals surface area contributed by atoms with Gasteiger partial charge in [-0.3, -0.25) is 4.79 Å². The van der Waals surface area contributed by atoms with E-state index in [-0.39, 0.29) is 24.5 Å². The topological polar surface area (TPSA) is 89.1 Å². The molecule has 0 saturated carbocycles. The fraction of sp³-hybridized carbons (Fsp3) is 0.273. The predicted octanol–water partition coefficient (Wildman–Crippen LogP) is 4.42. The number of pyridine rings is 1. The molecule has 176 valence electrons. The number of nitrogens with zero attached hydrogens (tertiary/aromatic N) is 5. The molecule has 0 atom stereocenters. The van der Waals surface area contributed by atoms with Crippen LogP contribution in [0.15, 0.2) is 41.1 Å². The first-order valence-corrected chi connectivity index (χ1v) is 10.3. The molecule has 1 amide bonds. The van der Waals surface area contributed by atoms with Crippen molar-refractivity contribution in [2.75, 3.05) is 23.3 Å². The fourth-order valence-electron chi connectivity index (χ4n) is 3.79. The highest BCUT2D eigenvalue weighted by molar-refractivity contribution is 6.03. The van der Waals surface area contributed by atoms with Crippen molar-refractivity contribution in [1.29, 1.82) is 0 Å². The lowest BCUT2D eigenvalue weighted by molar-refractivity contribution is -0.180. The van der Waals surface area contributed by atoms with Gasteiger partial charge in [0.15, 0.2) is 11.5 Å². The number of amides is 1. The molecule has 5 rings (SSSR count). The number of benzene rings is 1. The van der Waals surface area contributed by atoms with Gasteiger partial charge in [0, 0.05) is 37.3 Å². The van der Waals surface area contributed by atoms with Crippen molar-refractivity contribution in [1.82, 2.24) is 19.7 Å². The monoisotopic (exact) mass is 474 g/mol. The van der Waals surface area contributed by atoms with Crippen LogP contribution < -0.4 is 10.2 Å². The lowest BCUT2D eigenvalue weighted by atomic mass is 9.99. The average Bonchev–Trinajstić information content (AvgIpc) is 3.29. The lowest BCUT2D eigenvalue weighted by Gasteiger charge is -2.41. The van der Waals surface area contributed by atoms with Crippen LogP contribution in [0.1, 0.15) is 22.1 Å². The van der Waals surface area contributed by atoms with Crippen LogP contribution >= 0.6 is 0 Å². The Bertz CT molecular complexity index is 1400. The van der Waals surface area contributed by atoms with Gasteiger partial charge in [0.05, 0.1) is 23.5 Å². The van der Waals surface area contributed by atoms with E-state index >= 15 is 0 Å². The second-order valence-corrected chi connectivity index (χ2v) is 8.09. The summed E-state index contributed by atoms with van der Waals surface area (Å²) in [7, 11) is 0. The zero-order valence-corrected chi connectivity index (χ0v) is 18.0. The van der Waals surface area contributed by atoms with Crippen LogP contribution in [0.2, 0.25) is 0 Å². The number of aromatic nitrogens is 4. The Morgan fingerprint density at radius 3 is 2.65 bits per heavy atom. The summed E-state index contributed by atoms with van der Waals surface area (Å²) in [5.74, 6) is -2.07. The van der Waals surface area contributed by atoms with Crippen LogP contribution in [0, 0.1) is 25.6 Å². The van der Waals surface area contributed by atoms with E-state index in [0.29, 0.717) is 34.0 Å². The second kappa shape index (κ2) is 7.82. The van der Waals surface area contributed by atoms with Gasteiger partial charge in [0.1, 0.15) is 11.5 Å². The molecule has 34 heavy (non-hydrogen) atoms. The molecule has 1 aromatic carbocycles. The first-order chi connectivity index (χ1) is 16.1. The number of carbonyl (C=O) groups is 1. The van der Waals surface area contributed by atoms with Gasteiger partial charge in [-0.1, -0.05) is 0 Å². The maximum absolute atomic E-state index is 14.6. The molecule has 1 saturated heterocycles. The Labute approximate surface area is 190 Å². The van der Waals surface area contributed by atoms with E-state index in [0.717, 1.165) is 0 Å². The molecule has 4 heterocycles. The molecule has 0 radical (unpaired) electrons. The standard InChI is InChI=1S/C22H18F4N6O2/c1-11-19(34-12(2)28-11)21(33)29-15-3-4-17(23)18(6-15)32-8-13-5-16(7-27-20(13)30-32)31-9-14(10-31)22(24,25)26/h3-8,14H,9-10H2,1-2H3,(H,29,33). The largest absolute Gasteiger partial charge is 0.436 e. The first-order valence-electron chi connectivity index (χ1n) is 10.3. The van der Waals surface area contributed by atoms with Crippen molar-refractivity contribution in [3.05, 3.63) is 59.8 Å². The van der Waals surface area contributed by atoms with E-state index in [4.69, 9.17) is 4.42 Å². The van der Waals surface area contributed by atoms with Crippen LogP contribution in [0.25, 0.3) is 16.7 Å². The Morgan fingerprint density at radius 2 is 1.97 bits per heavy atom. The summed E-state index contributed by atoms with van der Waals surface area (Å²) in [6.45, 7) is 3.00. The molecule has 1 N–H and O–H groups in total. The Morgan fingerprint density at radius 1 is 1.21 bits per heavy atom. The van der Waals surface area contributed by atoms with Gasteiger partial charge in [0.25, 0.3) is 5.91 Å². The molecule has 1 fully saturated rings. The number of aryl methyl sites for hydroxylation is 2. The van der Waals surface area contributed by atoms with Crippen LogP contribution in [-0.2, 0) is 0 Å². The van der Waals surface area contributed by atoms with Crippen molar-refractivity contribution in [3.63, 3.8) is 0 Å². The summed E-state index contributed by atoms with van der Waals surface area (Å²) in [4.78, 5) is 22.3. The highest BCUT2D eigenvalue weighted by Gasteiger charge is 2.47. The van der Waals surface area contributed by atoms with Crippen LogP contribution in [-0.4, -0.2) is 44.9 Å². The molecule has 0 spiro atoms.